The largest absolute Gasteiger partial charge is 0.495 e. The van der Waals surface area contributed by atoms with Crippen LogP contribution >= 0.6 is 0 Å². The molecule has 4 nitrogen and oxygen atoms in total. The fourth-order valence-corrected chi connectivity index (χ4v) is 1.24. The summed E-state index contributed by atoms with van der Waals surface area (Å²) in [6, 6.07) is 4.85. The predicted octanol–water partition coefficient (Wildman–Crippen LogP) is 0.658. The van der Waals surface area contributed by atoms with Crippen molar-refractivity contribution in [1.82, 2.24) is 0 Å². The van der Waals surface area contributed by atoms with Gasteiger partial charge >= 0.3 is 0 Å². The monoisotopic (exact) mass is 196 g/mol. The van der Waals surface area contributed by atoms with Gasteiger partial charge in [-0.2, -0.15) is 0 Å². The van der Waals surface area contributed by atoms with E-state index in [0.717, 1.165) is 5.56 Å². The minimum atomic E-state index is -0.595. The summed E-state index contributed by atoms with van der Waals surface area (Å²) >= 11 is 0. The van der Waals surface area contributed by atoms with E-state index >= 15 is 0 Å². The van der Waals surface area contributed by atoms with Gasteiger partial charge in [0.25, 0.3) is 0 Å². The Kier molecular flexibility index (Phi) is 3.33. The van der Waals surface area contributed by atoms with Gasteiger partial charge in [0.1, 0.15) is 5.75 Å². The van der Waals surface area contributed by atoms with Crippen LogP contribution in [0.4, 0.5) is 5.69 Å². The van der Waals surface area contributed by atoms with Gasteiger partial charge in [-0.15, -0.1) is 0 Å². The van der Waals surface area contributed by atoms with E-state index in [1.54, 1.807) is 32.2 Å². The predicted molar refractivity (Wildman–Crippen MR) is 56.0 cm³/mol. The molecular formula is C10H16N2O2. The molecule has 78 valence electrons. The van der Waals surface area contributed by atoms with Crippen LogP contribution in [0.2, 0.25) is 0 Å². The van der Waals surface area contributed by atoms with E-state index < -0.39 is 12.1 Å². The number of aliphatic hydroxyl groups excluding tert-OH is 1. The molecule has 0 saturated heterocycles. The first-order chi connectivity index (χ1) is 6.56. The molecule has 0 heterocycles. The third kappa shape index (κ3) is 2.16. The topological polar surface area (TPSA) is 81.5 Å². The Morgan fingerprint density at radius 2 is 2.07 bits per heavy atom. The number of ether oxygens (including phenoxy) is 1. The Labute approximate surface area is 83.5 Å². The maximum atomic E-state index is 9.29. The van der Waals surface area contributed by atoms with Crippen molar-refractivity contribution in [2.45, 2.75) is 19.1 Å². The van der Waals surface area contributed by atoms with Gasteiger partial charge in [0.2, 0.25) is 0 Å². The third-order valence-electron chi connectivity index (χ3n) is 2.16. The van der Waals surface area contributed by atoms with Crippen molar-refractivity contribution in [2.75, 3.05) is 12.8 Å². The van der Waals surface area contributed by atoms with E-state index in [4.69, 9.17) is 16.2 Å². The SMILES string of the molecule is COc1ccc([C@@H](N)[C@@H](C)O)cc1N. The Balaban J connectivity index is 2.96. The normalized spacial score (nSPS) is 14.9. The highest BCUT2D eigenvalue weighted by Gasteiger charge is 2.13. The van der Waals surface area contributed by atoms with Crippen LogP contribution in [0.25, 0.3) is 0 Å². The van der Waals surface area contributed by atoms with E-state index in [-0.39, 0.29) is 0 Å². The highest BCUT2D eigenvalue weighted by molar-refractivity contribution is 5.54. The molecule has 4 heteroatoms. The summed E-state index contributed by atoms with van der Waals surface area (Å²) in [6.07, 6.45) is -0.595. The number of rotatable bonds is 3. The highest BCUT2D eigenvalue weighted by Crippen LogP contribution is 2.25. The van der Waals surface area contributed by atoms with Crippen LogP contribution in [0.5, 0.6) is 5.75 Å². The van der Waals surface area contributed by atoms with Gasteiger partial charge in [0.05, 0.1) is 24.9 Å². The van der Waals surface area contributed by atoms with Crippen LogP contribution in [0.1, 0.15) is 18.5 Å². The van der Waals surface area contributed by atoms with E-state index in [1.165, 1.54) is 0 Å². The van der Waals surface area contributed by atoms with E-state index in [0.29, 0.717) is 11.4 Å². The highest BCUT2D eigenvalue weighted by atomic mass is 16.5. The van der Waals surface area contributed by atoms with Crippen molar-refractivity contribution < 1.29 is 9.84 Å². The molecule has 0 aromatic heterocycles. The second-order valence-corrected chi connectivity index (χ2v) is 3.27. The molecule has 5 N–H and O–H groups in total. The van der Waals surface area contributed by atoms with Crippen molar-refractivity contribution in [1.29, 1.82) is 0 Å². The number of methoxy groups -OCH3 is 1. The molecule has 0 aliphatic carbocycles. The van der Waals surface area contributed by atoms with Gasteiger partial charge in [0, 0.05) is 0 Å². The zero-order chi connectivity index (χ0) is 10.7. The van der Waals surface area contributed by atoms with Gasteiger partial charge in [-0.05, 0) is 24.6 Å². The number of hydrogen-bond donors (Lipinski definition) is 3. The fourth-order valence-electron chi connectivity index (χ4n) is 1.24. The second kappa shape index (κ2) is 4.30. The van der Waals surface area contributed by atoms with Crippen molar-refractivity contribution in [3.05, 3.63) is 23.8 Å². The Morgan fingerprint density at radius 3 is 2.50 bits per heavy atom. The minimum absolute atomic E-state index is 0.414. The molecule has 1 aromatic rings. The smallest absolute Gasteiger partial charge is 0.141 e. The lowest BCUT2D eigenvalue weighted by Crippen LogP contribution is -2.23. The summed E-state index contributed by atoms with van der Waals surface area (Å²) in [5.74, 6) is 0.617. The summed E-state index contributed by atoms with van der Waals surface area (Å²) in [5.41, 5.74) is 12.8. The molecule has 2 atom stereocenters. The zero-order valence-electron chi connectivity index (χ0n) is 8.40. The van der Waals surface area contributed by atoms with Crippen LogP contribution in [0.3, 0.4) is 0 Å². The van der Waals surface area contributed by atoms with Gasteiger partial charge < -0.3 is 21.3 Å². The van der Waals surface area contributed by atoms with Gasteiger partial charge in [-0.3, -0.25) is 0 Å². The second-order valence-electron chi connectivity index (χ2n) is 3.27. The third-order valence-corrected chi connectivity index (χ3v) is 2.16. The summed E-state index contributed by atoms with van der Waals surface area (Å²) < 4.78 is 5.01. The van der Waals surface area contributed by atoms with E-state index in [2.05, 4.69) is 0 Å². The quantitative estimate of drug-likeness (QED) is 0.620. The molecule has 1 aromatic carbocycles. The number of benzene rings is 1. The van der Waals surface area contributed by atoms with E-state index in [1.807, 2.05) is 0 Å². The lowest BCUT2D eigenvalue weighted by molar-refractivity contribution is 0.164. The fraction of sp³-hybridized carbons (Fsp3) is 0.400. The molecule has 1 rings (SSSR count). The molecule has 0 unspecified atom stereocenters. The minimum Gasteiger partial charge on any atom is -0.495 e. The lowest BCUT2D eigenvalue weighted by Gasteiger charge is -2.16. The van der Waals surface area contributed by atoms with Gasteiger partial charge in [0.15, 0.2) is 0 Å². The number of nitrogens with two attached hydrogens (primary N) is 2. The van der Waals surface area contributed by atoms with Crippen molar-refractivity contribution in [3.63, 3.8) is 0 Å². The van der Waals surface area contributed by atoms with Crippen LogP contribution in [0, 0.1) is 0 Å². The van der Waals surface area contributed by atoms with Gasteiger partial charge in [-0.25, -0.2) is 0 Å². The number of nitrogen functional groups attached to an aromatic ring is 1. The average molecular weight is 196 g/mol. The standard InChI is InChI=1S/C10H16N2O2/c1-6(13)10(12)7-3-4-9(14-2)8(11)5-7/h3-6,10,13H,11-12H2,1-2H3/t6-,10+/m1/s1. The number of aliphatic hydroxyl groups is 1. The molecule has 0 aliphatic rings. The maximum absolute atomic E-state index is 9.29. The number of hydrogen-bond acceptors (Lipinski definition) is 4. The molecule has 0 saturated carbocycles. The van der Waals surface area contributed by atoms with Crippen molar-refractivity contribution in [2.24, 2.45) is 5.73 Å². The van der Waals surface area contributed by atoms with Crippen molar-refractivity contribution >= 4 is 5.69 Å². The molecule has 0 fully saturated rings. The first kappa shape index (κ1) is 10.8. The lowest BCUT2D eigenvalue weighted by atomic mass is 10.0. The summed E-state index contributed by atoms with van der Waals surface area (Å²) in [5, 5.41) is 9.29. The number of anilines is 1. The molecule has 0 aliphatic heterocycles. The Morgan fingerprint density at radius 1 is 1.43 bits per heavy atom. The Hall–Kier alpha value is -1.26. The maximum Gasteiger partial charge on any atom is 0.141 e. The van der Waals surface area contributed by atoms with Crippen LogP contribution < -0.4 is 16.2 Å². The van der Waals surface area contributed by atoms with Crippen molar-refractivity contribution in [3.8, 4) is 5.75 Å². The molecule has 0 spiro atoms. The zero-order valence-corrected chi connectivity index (χ0v) is 8.40. The van der Waals surface area contributed by atoms with Gasteiger partial charge in [-0.1, -0.05) is 6.07 Å². The summed E-state index contributed by atoms with van der Waals surface area (Å²) in [4.78, 5) is 0. The van der Waals surface area contributed by atoms with Crippen LogP contribution in [0.15, 0.2) is 18.2 Å². The molecule has 0 amide bonds. The molecular weight excluding hydrogens is 180 g/mol. The van der Waals surface area contributed by atoms with E-state index in [9.17, 15) is 5.11 Å². The summed E-state index contributed by atoms with van der Waals surface area (Å²) in [6.45, 7) is 1.64. The van der Waals surface area contributed by atoms with Crippen LogP contribution in [-0.2, 0) is 0 Å². The first-order valence-electron chi connectivity index (χ1n) is 4.43. The first-order valence-corrected chi connectivity index (χ1v) is 4.43. The molecule has 0 bridgehead atoms. The Bertz CT molecular complexity index is 313. The molecule has 0 radical (unpaired) electrons. The average Bonchev–Trinajstić information content (AvgIpc) is 2.16. The summed E-state index contributed by atoms with van der Waals surface area (Å²) in [7, 11) is 1.56. The molecule has 14 heavy (non-hydrogen) atoms. The van der Waals surface area contributed by atoms with Crippen LogP contribution in [-0.4, -0.2) is 18.3 Å².